The lowest BCUT2D eigenvalue weighted by Crippen LogP contribution is -2.27. The van der Waals surface area contributed by atoms with Crippen molar-refractivity contribution < 1.29 is 14.3 Å². The zero-order valence-electron chi connectivity index (χ0n) is 14.9. The highest BCUT2D eigenvalue weighted by Gasteiger charge is 2.12. The number of nitrogens with one attached hydrogen (secondary N) is 1. The summed E-state index contributed by atoms with van der Waals surface area (Å²) in [5.41, 5.74) is 5.06. The van der Waals surface area contributed by atoms with E-state index < -0.39 is 0 Å². The van der Waals surface area contributed by atoms with Crippen molar-refractivity contribution in [2.45, 2.75) is 32.1 Å². The van der Waals surface area contributed by atoms with Crippen molar-refractivity contribution in [1.82, 2.24) is 5.32 Å². The molecule has 1 aliphatic rings. The van der Waals surface area contributed by atoms with Crippen LogP contribution in [0.1, 0.15) is 28.7 Å². The van der Waals surface area contributed by atoms with Gasteiger partial charge < -0.3 is 14.8 Å². The summed E-state index contributed by atoms with van der Waals surface area (Å²) in [6.07, 6.45) is 4.75. The molecule has 132 valence electrons. The third-order valence-corrected chi connectivity index (χ3v) is 4.71. The van der Waals surface area contributed by atoms with E-state index >= 15 is 0 Å². The van der Waals surface area contributed by atoms with Gasteiger partial charge >= 0.3 is 0 Å². The summed E-state index contributed by atoms with van der Waals surface area (Å²) in [7, 11) is 3.25. The van der Waals surface area contributed by atoms with Crippen molar-refractivity contribution >= 4 is 5.91 Å². The Morgan fingerprint density at radius 3 is 2.52 bits per heavy atom. The number of hydrogen-bond donors (Lipinski definition) is 1. The summed E-state index contributed by atoms with van der Waals surface area (Å²) in [5, 5.41) is 3.00. The Labute approximate surface area is 149 Å². The normalized spacial score (nSPS) is 12.6. The highest BCUT2D eigenvalue weighted by Crippen LogP contribution is 2.27. The van der Waals surface area contributed by atoms with E-state index in [1.54, 1.807) is 14.2 Å². The van der Waals surface area contributed by atoms with Crippen molar-refractivity contribution in [3.8, 4) is 11.5 Å². The van der Waals surface area contributed by atoms with Crippen LogP contribution in [0, 0.1) is 0 Å². The predicted molar refractivity (Wildman–Crippen MR) is 98.4 cm³/mol. The molecule has 4 heteroatoms. The fourth-order valence-corrected chi connectivity index (χ4v) is 3.37. The van der Waals surface area contributed by atoms with Gasteiger partial charge in [-0.1, -0.05) is 24.3 Å². The lowest BCUT2D eigenvalue weighted by atomic mass is 10.0. The standard InChI is InChI=1S/C21H25NO3/c1-24-19-9-7-15(13-20(19)25-2)10-11-22-21(23)14-16-6-8-17-4-3-5-18(17)12-16/h6-9,12-13H,3-5,10-11,14H2,1-2H3,(H,22,23). The summed E-state index contributed by atoms with van der Waals surface area (Å²) in [6, 6.07) is 12.3. The minimum absolute atomic E-state index is 0.0680. The maximum absolute atomic E-state index is 12.2. The predicted octanol–water partition coefficient (Wildman–Crippen LogP) is 3.09. The summed E-state index contributed by atoms with van der Waals surface area (Å²) in [4.78, 5) is 12.2. The number of methoxy groups -OCH3 is 2. The van der Waals surface area contributed by atoms with Gasteiger partial charge in [0.2, 0.25) is 5.91 Å². The summed E-state index contributed by atoms with van der Waals surface area (Å²) in [5.74, 6) is 1.50. The number of fused-ring (bicyclic) bond motifs is 1. The van der Waals surface area contributed by atoms with Crippen LogP contribution >= 0.6 is 0 Å². The first kappa shape index (κ1) is 17.3. The van der Waals surface area contributed by atoms with E-state index in [1.807, 2.05) is 18.2 Å². The number of hydrogen-bond acceptors (Lipinski definition) is 3. The molecule has 4 nitrogen and oxygen atoms in total. The monoisotopic (exact) mass is 339 g/mol. The summed E-state index contributed by atoms with van der Waals surface area (Å²) < 4.78 is 10.5. The van der Waals surface area contributed by atoms with Crippen LogP contribution in [0.2, 0.25) is 0 Å². The van der Waals surface area contributed by atoms with E-state index in [2.05, 4.69) is 23.5 Å². The van der Waals surface area contributed by atoms with Crippen LogP contribution in [0.4, 0.5) is 0 Å². The van der Waals surface area contributed by atoms with Crippen molar-refractivity contribution in [2.24, 2.45) is 0 Å². The number of carbonyl (C=O) groups is 1. The SMILES string of the molecule is COc1ccc(CCNC(=O)Cc2ccc3c(c2)CCC3)cc1OC. The van der Waals surface area contributed by atoms with Gasteiger partial charge in [-0.3, -0.25) is 4.79 Å². The third-order valence-electron chi connectivity index (χ3n) is 4.71. The summed E-state index contributed by atoms with van der Waals surface area (Å²) in [6.45, 7) is 0.610. The zero-order chi connectivity index (χ0) is 17.6. The van der Waals surface area contributed by atoms with Gasteiger partial charge in [0, 0.05) is 6.54 Å². The van der Waals surface area contributed by atoms with E-state index in [-0.39, 0.29) is 5.91 Å². The fourth-order valence-electron chi connectivity index (χ4n) is 3.37. The van der Waals surface area contributed by atoms with Crippen LogP contribution in [0.25, 0.3) is 0 Å². The fraction of sp³-hybridized carbons (Fsp3) is 0.381. The Morgan fingerprint density at radius 1 is 0.960 bits per heavy atom. The molecule has 2 aromatic rings. The Hall–Kier alpha value is -2.49. The van der Waals surface area contributed by atoms with Gasteiger partial charge in [0.15, 0.2) is 11.5 Å². The number of carbonyl (C=O) groups excluding carboxylic acids is 1. The molecule has 0 saturated heterocycles. The molecule has 0 heterocycles. The Morgan fingerprint density at radius 2 is 1.72 bits per heavy atom. The van der Waals surface area contributed by atoms with Crippen LogP contribution in [0.15, 0.2) is 36.4 Å². The molecule has 0 spiro atoms. The van der Waals surface area contributed by atoms with Crippen molar-refractivity contribution in [3.05, 3.63) is 58.7 Å². The van der Waals surface area contributed by atoms with Crippen LogP contribution in [0.5, 0.6) is 11.5 Å². The molecular formula is C21H25NO3. The molecule has 0 saturated carbocycles. The molecule has 0 aromatic heterocycles. The molecule has 0 bridgehead atoms. The average molecular weight is 339 g/mol. The molecule has 0 aliphatic heterocycles. The average Bonchev–Trinajstić information content (AvgIpc) is 3.09. The first-order valence-electron chi connectivity index (χ1n) is 8.78. The molecule has 0 radical (unpaired) electrons. The second kappa shape index (κ2) is 8.06. The third kappa shape index (κ3) is 4.32. The second-order valence-corrected chi connectivity index (χ2v) is 6.42. The van der Waals surface area contributed by atoms with Crippen molar-refractivity contribution in [3.63, 3.8) is 0 Å². The molecule has 0 fully saturated rings. The zero-order valence-corrected chi connectivity index (χ0v) is 14.9. The minimum atomic E-state index is 0.0680. The van der Waals surface area contributed by atoms with Crippen LogP contribution < -0.4 is 14.8 Å². The van der Waals surface area contributed by atoms with Crippen LogP contribution in [-0.2, 0) is 30.5 Å². The molecule has 2 aromatic carbocycles. The van der Waals surface area contributed by atoms with Crippen molar-refractivity contribution in [1.29, 1.82) is 0 Å². The topological polar surface area (TPSA) is 47.6 Å². The minimum Gasteiger partial charge on any atom is -0.493 e. The quantitative estimate of drug-likeness (QED) is 0.843. The van der Waals surface area contributed by atoms with Gasteiger partial charge in [0.25, 0.3) is 0 Å². The molecule has 1 aliphatic carbocycles. The molecule has 1 N–H and O–H groups in total. The lowest BCUT2D eigenvalue weighted by molar-refractivity contribution is -0.120. The van der Waals surface area contributed by atoms with Crippen LogP contribution in [0.3, 0.4) is 0 Å². The van der Waals surface area contributed by atoms with Gasteiger partial charge in [0.05, 0.1) is 20.6 Å². The van der Waals surface area contributed by atoms with E-state index in [9.17, 15) is 4.79 Å². The lowest BCUT2D eigenvalue weighted by Gasteiger charge is -2.10. The van der Waals surface area contributed by atoms with Crippen molar-refractivity contribution in [2.75, 3.05) is 20.8 Å². The number of aryl methyl sites for hydroxylation is 2. The van der Waals surface area contributed by atoms with E-state index in [0.717, 1.165) is 24.0 Å². The Kier molecular flexibility index (Phi) is 5.59. The number of ether oxygens (including phenoxy) is 2. The Bertz CT molecular complexity index is 755. The molecule has 3 rings (SSSR count). The van der Waals surface area contributed by atoms with Gasteiger partial charge in [-0.2, -0.15) is 0 Å². The van der Waals surface area contributed by atoms with Crippen LogP contribution in [-0.4, -0.2) is 26.7 Å². The maximum Gasteiger partial charge on any atom is 0.224 e. The highest BCUT2D eigenvalue weighted by molar-refractivity contribution is 5.78. The second-order valence-electron chi connectivity index (χ2n) is 6.42. The number of amides is 1. The van der Waals surface area contributed by atoms with Gasteiger partial charge in [-0.25, -0.2) is 0 Å². The smallest absolute Gasteiger partial charge is 0.224 e. The van der Waals surface area contributed by atoms with E-state index in [1.165, 1.54) is 24.0 Å². The number of benzene rings is 2. The van der Waals surface area contributed by atoms with Gasteiger partial charge in [-0.05, 0) is 60.1 Å². The maximum atomic E-state index is 12.2. The van der Waals surface area contributed by atoms with E-state index in [0.29, 0.717) is 24.5 Å². The Balaban J connectivity index is 1.49. The molecule has 25 heavy (non-hydrogen) atoms. The first-order valence-corrected chi connectivity index (χ1v) is 8.78. The number of rotatable bonds is 7. The molecular weight excluding hydrogens is 314 g/mol. The van der Waals surface area contributed by atoms with Gasteiger partial charge in [0.1, 0.15) is 0 Å². The highest BCUT2D eigenvalue weighted by atomic mass is 16.5. The molecule has 1 amide bonds. The van der Waals surface area contributed by atoms with E-state index in [4.69, 9.17) is 9.47 Å². The van der Waals surface area contributed by atoms with Gasteiger partial charge in [-0.15, -0.1) is 0 Å². The molecule has 0 atom stereocenters. The first-order chi connectivity index (χ1) is 12.2. The molecule has 0 unspecified atom stereocenters. The largest absolute Gasteiger partial charge is 0.493 e. The summed E-state index contributed by atoms with van der Waals surface area (Å²) >= 11 is 0.